The molecule has 0 saturated carbocycles. The molecule has 0 aromatic carbocycles. The first-order valence-corrected chi connectivity index (χ1v) is 12.6. The van der Waals surface area contributed by atoms with Gasteiger partial charge in [0.25, 0.3) is 0 Å². The van der Waals surface area contributed by atoms with Gasteiger partial charge in [0.15, 0.2) is 0 Å². The number of rotatable bonds is 3. The molecule has 3 aromatic heterocycles. The Labute approximate surface area is 235 Å². The summed E-state index contributed by atoms with van der Waals surface area (Å²) in [5.41, 5.74) is 6.58. The Morgan fingerprint density at radius 2 is 0.842 bits per heavy atom. The van der Waals surface area contributed by atoms with Gasteiger partial charge in [-0.15, -0.1) is 0 Å². The van der Waals surface area contributed by atoms with Crippen molar-refractivity contribution in [2.24, 2.45) is 0 Å². The van der Waals surface area contributed by atoms with E-state index >= 15 is 0 Å². The molecular formula is C26H42BCuF3N6O. The third kappa shape index (κ3) is 8.23. The third-order valence-electron chi connectivity index (χ3n) is 6.22. The molecule has 217 valence electrons. The van der Waals surface area contributed by atoms with E-state index in [2.05, 4.69) is 115 Å². The van der Waals surface area contributed by atoms with Crippen LogP contribution < -0.4 is 5.11 Å². The van der Waals surface area contributed by atoms with Crippen molar-refractivity contribution >= 4 is 7.12 Å². The molecular weight excluding hydrogens is 544 g/mol. The number of hydrogen-bond donors (Lipinski definition) is 0. The summed E-state index contributed by atoms with van der Waals surface area (Å²) in [6.45, 7) is 24.3. The molecule has 7 nitrogen and oxygen atoms in total. The second kappa shape index (κ2) is 11.6. The van der Waals surface area contributed by atoms with Crippen LogP contribution >= 0.6 is 0 Å². The van der Waals surface area contributed by atoms with E-state index < -0.39 is 19.9 Å². The number of hydrogen-bond acceptors (Lipinski definition) is 4. The van der Waals surface area contributed by atoms with Crippen LogP contribution in [0.1, 0.15) is 96.5 Å². The number of aromatic nitrogens is 6. The quantitative estimate of drug-likeness (QED) is 0.419. The van der Waals surface area contributed by atoms with Crippen LogP contribution in [0.5, 0.6) is 0 Å². The first-order chi connectivity index (χ1) is 16.6. The topological polar surface area (TPSA) is 76.5 Å². The fourth-order valence-electron chi connectivity index (χ4n) is 3.87. The van der Waals surface area contributed by atoms with Crippen LogP contribution in [0.25, 0.3) is 0 Å². The summed E-state index contributed by atoms with van der Waals surface area (Å²) >= 11 is 0. The molecule has 12 heteroatoms. The van der Waals surface area contributed by atoms with E-state index in [4.69, 9.17) is 20.4 Å². The number of halogens is 3. The summed E-state index contributed by atoms with van der Waals surface area (Å²) in [5.74, 6) is 0. The first-order valence-electron chi connectivity index (χ1n) is 12.6. The Kier molecular flexibility index (Phi) is 10.4. The van der Waals surface area contributed by atoms with Gasteiger partial charge in [0.2, 0.25) is 0 Å². The SMILES string of the molecule is Cc1cc(C(C)(C)C)nn1[BH-](n1nc(C(C)(C)C)cc1C)n1nc(C(C)(C)C)cc1C.[Cu+2].[O-]CC(F)(F)F. The predicted octanol–water partition coefficient (Wildman–Crippen LogP) is 4.66. The van der Waals surface area contributed by atoms with Crippen LogP contribution in [0.2, 0.25) is 0 Å². The summed E-state index contributed by atoms with van der Waals surface area (Å²) in [6, 6.07) is 6.60. The van der Waals surface area contributed by atoms with Gasteiger partial charge in [0.1, 0.15) is 0 Å². The molecule has 0 bridgehead atoms. The molecule has 0 spiro atoms. The Hall–Kier alpha value is -2.04. The van der Waals surface area contributed by atoms with E-state index in [1.165, 1.54) is 0 Å². The molecule has 3 rings (SSSR count). The van der Waals surface area contributed by atoms with Crippen LogP contribution in [0.15, 0.2) is 18.2 Å². The van der Waals surface area contributed by atoms with E-state index in [0.717, 1.165) is 34.2 Å². The van der Waals surface area contributed by atoms with Crippen LogP contribution in [0.4, 0.5) is 13.2 Å². The van der Waals surface area contributed by atoms with E-state index in [0.29, 0.717) is 0 Å². The Bertz CT molecular complexity index is 1070. The van der Waals surface area contributed by atoms with Gasteiger partial charge in [-0.1, -0.05) is 62.3 Å². The zero-order chi connectivity index (χ0) is 28.7. The van der Waals surface area contributed by atoms with Crippen LogP contribution in [-0.2, 0) is 33.3 Å². The van der Waals surface area contributed by atoms with Crippen molar-refractivity contribution < 1.29 is 35.3 Å². The Morgan fingerprint density at radius 1 is 0.632 bits per heavy atom. The number of aryl methyl sites for hydroxylation is 3. The minimum Gasteiger partial charge on any atom is -0.848 e. The average Bonchev–Trinajstić information content (AvgIpc) is 3.40. The fraction of sp³-hybridized carbons (Fsp3) is 0.654. The summed E-state index contributed by atoms with van der Waals surface area (Å²) in [6.07, 6.45) is -4.51. The van der Waals surface area contributed by atoms with Gasteiger partial charge in [0.05, 0.1) is 17.1 Å². The molecule has 38 heavy (non-hydrogen) atoms. The maximum atomic E-state index is 10.5. The molecule has 0 amide bonds. The van der Waals surface area contributed by atoms with Gasteiger partial charge >= 0.3 is 30.4 Å². The van der Waals surface area contributed by atoms with Crippen LogP contribution in [0.3, 0.4) is 0 Å². The van der Waals surface area contributed by atoms with E-state index in [9.17, 15) is 13.2 Å². The fourth-order valence-corrected chi connectivity index (χ4v) is 3.87. The number of nitrogens with zero attached hydrogens (tertiary/aromatic N) is 6. The Morgan fingerprint density at radius 3 is 0.974 bits per heavy atom. The molecule has 0 aliphatic carbocycles. The van der Waals surface area contributed by atoms with Gasteiger partial charge in [-0.3, -0.25) is 0 Å². The zero-order valence-electron chi connectivity index (χ0n) is 24.7. The van der Waals surface area contributed by atoms with E-state index in [1.807, 2.05) is 0 Å². The van der Waals surface area contributed by atoms with Gasteiger partial charge in [-0.25, -0.2) is 15.3 Å². The van der Waals surface area contributed by atoms with Crippen molar-refractivity contribution in [3.63, 3.8) is 0 Å². The average molecular weight is 586 g/mol. The first kappa shape index (κ1) is 34.0. The Balaban J connectivity index is 0.000000925. The van der Waals surface area contributed by atoms with Crippen LogP contribution in [-0.4, -0.2) is 49.0 Å². The molecule has 0 fully saturated rings. The second-order valence-electron chi connectivity index (χ2n) is 12.9. The molecule has 0 unspecified atom stereocenters. The standard InChI is InChI=1S/C24H40BN6.C2H2F3O.Cu/c1-16-13-19(22(4,5)6)26-29(16)25(30-17(2)14-20(27-30)23(7,8)9)31-18(3)15-21(28-31)24(10,11)12;3-2(4,5)1-6;/h13-15,25H,1-12H3;1H2;/q2*-1;+2. The van der Waals surface area contributed by atoms with Gasteiger partial charge < -0.3 is 18.9 Å². The summed E-state index contributed by atoms with van der Waals surface area (Å²) in [4.78, 5) is 0. The second-order valence-corrected chi connectivity index (χ2v) is 12.9. The maximum Gasteiger partial charge on any atom is 2.00 e. The normalized spacial score (nSPS) is 12.9. The molecule has 3 heterocycles. The molecule has 0 N–H and O–H groups in total. The molecule has 1 radical (unpaired) electrons. The van der Waals surface area contributed by atoms with Crippen LogP contribution in [0, 0.1) is 20.8 Å². The maximum absolute atomic E-state index is 10.5. The van der Waals surface area contributed by atoms with E-state index in [-0.39, 0.29) is 33.3 Å². The summed E-state index contributed by atoms with van der Waals surface area (Å²) in [7, 11) is -1.42. The van der Waals surface area contributed by atoms with Crippen molar-refractivity contribution in [2.75, 3.05) is 6.61 Å². The largest absolute Gasteiger partial charge is 2.00 e. The minimum atomic E-state index is -4.51. The van der Waals surface area contributed by atoms with Crippen molar-refractivity contribution in [1.82, 2.24) is 29.1 Å². The summed E-state index contributed by atoms with van der Waals surface area (Å²) in [5, 5.41) is 24.1. The molecule has 0 saturated heterocycles. The number of alkyl halides is 3. The molecule has 3 aromatic rings. The van der Waals surface area contributed by atoms with Crippen molar-refractivity contribution in [3.05, 3.63) is 52.4 Å². The van der Waals surface area contributed by atoms with Crippen molar-refractivity contribution in [3.8, 4) is 0 Å². The molecule has 0 aliphatic rings. The summed E-state index contributed by atoms with van der Waals surface area (Å²) < 4.78 is 37.9. The van der Waals surface area contributed by atoms with Crippen molar-refractivity contribution in [2.45, 2.75) is 106 Å². The predicted molar refractivity (Wildman–Crippen MR) is 141 cm³/mol. The molecule has 0 aliphatic heterocycles. The minimum absolute atomic E-state index is 0. The van der Waals surface area contributed by atoms with Gasteiger partial charge in [0, 0.05) is 16.2 Å². The zero-order valence-corrected chi connectivity index (χ0v) is 25.6. The molecule has 0 atom stereocenters. The smallest absolute Gasteiger partial charge is 0.848 e. The van der Waals surface area contributed by atoms with E-state index in [1.54, 1.807) is 0 Å². The van der Waals surface area contributed by atoms with Gasteiger partial charge in [-0.05, 0) is 62.7 Å². The monoisotopic (exact) mass is 585 g/mol. The third-order valence-corrected chi connectivity index (χ3v) is 6.22. The van der Waals surface area contributed by atoms with Gasteiger partial charge in [-0.2, -0.15) is 13.2 Å². The van der Waals surface area contributed by atoms with Crippen molar-refractivity contribution in [1.29, 1.82) is 0 Å².